The van der Waals surface area contributed by atoms with Gasteiger partial charge in [0.15, 0.2) is 0 Å². The highest BCUT2D eigenvalue weighted by atomic mass is 32.2. The maximum absolute atomic E-state index is 13.3. The van der Waals surface area contributed by atoms with Crippen molar-refractivity contribution < 1.29 is 17.9 Å². The molecule has 0 saturated carbocycles. The van der Waals surface area contributed by atoms with Gasteiger partial charge in [0, 0.05) is 6.54 Å². The summed E-state index contributed by atoms with van der Waals surface area (Å²) in [6.45, 7) is 0.271. The van der Waals surface area contributed by atoms with E-state index >= 15 is 0 Å². The van der Waals surface area contributed by atoms with Gasteiger partial charge in [0.1, 0.15) is 12.4 Å². The number of amides is 1. The summed E-state index contributed by atoms with van der Waals surface area (Å²) in [7, 11) is -3.87. The van der Waals surface area contributed by atoms with E-state index in [9.17, 15) is 13.2 Å². The molecule has 4 rings (SSSR count). The molecule has 0 atom stereocenters. The van der Waals surface area contributed by atoms with E-state index in [0.717, 1.165) is 22.4 Å². The number of hydrogen-bond acceptors (Lipinski definition) is 5. The van der Waals surface area contributed by atoms with Crippen molar-refractivity contribution in [2.24, 2.45) is 5.10 Å². The predicted molar refractivity (Wildman–Crippen MR) is 148 cm³/mol. The van der Waals surface area contributed by atoms with Gasteiger partial charge in [-0.1, -0.05) is 78.9 Å². The average molecular weight is 528 g/mol. The molecule has 8 heteroatoms. The summed E-state index contributed by atoms with van der Waals surface area (Å²) >= 11 is 0. The zero-order valence-corrected chi connectivity index (χ0v) is 21.6. The molecule has 0 saturated heterocycles. The van der Waals surface area contributed by atoms with Gasteiger partial charge in [-0.3, -0.25) is 4.79 Å². The van der Waals surface area contributed by atoms with Crippen molar-refractivity contribution in [2.45, 2.75) is 17.9 Å². The van der Waals surface area contributed by atoms with E-state index < -0.39 is 15.9 Å². The number of carbonyl (C=O) groups excluding carboxylic acids is 1. The topological polar surface area (TPSA) is 88.1 Å². The summed E-state index contributed by atoms with van der Waals surface area (Å²) in [4.78, 5) is 12.8. The van der Waals surface area contributed by atoms with Gasteiger partial charge in [-0.2, -0.15) is 9.41 Å². The Morgan fingerprint density at radius 2 is 1.37 bits per heavy atom. The lowest BCUT2D eigenvalue weighted by Crippen LogP contribution is -2.40. The fraction of sp³-hybridized carbons (Fsp3) is 0.133. The van der Waals surface area contributed by atoms with Crippen LogP contribution in [0.3, 0.4) is 0 Å². The van der Waals surface area contributed by atoms with Crippen LogP contribution in [0.1, 0.15) is 16.7 Å². The molecule has 1 amide bonds. The van der Waals surface area contributed by atoms with Gasteiger partial charge in [-0.05, 0) is 59.5 Å². The van der Waals surface area contributed by atoms with Crippen molar-refractivity contribution in [3.05, 3.63) is 132 Å². The number of ether oxygens (including phenoxy) is 1. The molecular weight excluding hydrogens is 498 g/mol. The number of hydrazone groups is 1. The van der Waals surface area contributed by atoms with Crippen LogP contribution in [0.25, 0.3) is 0 Å². The quantitative estimate of drug-likeness (QED) is 0.215. The second kappa shape index (κ2) is 13.3. The molecule has 194 valence electrons. The Balaban J connectivity index is 1.35. The Hall–Kier alpha value is -4.27. The minimum absolute atomic E-state index is 0.138. The minimum atomic E-state index is -3.87. The second-order valence-electron chi connectivity index (χ2n) is 8.52. The number of benzene rings is 4. The van der Waals surface area contributed by atoms with Crippen molar-refractivity contribution in [2.75, 3.05) is 13.1 Å². The lowest BCUT2D eigenvalue weighted by Gasteiger charge is -2.21. The summed E-state index contributed by atoms with van der Waals surface area (Å²) in [6, 6.07) is 34.8. The summed E-state index contributed by atoms with van der Waals surface area (Å²) in [5, 5.41) is 4.00. The van der Waals surface area contributed by atoms with Crippen molar-refractivity contribution in [3.8, 4) is 5.75 Å². The molecule has 0 bridgehead atoms. The smallest absolute Gasteiger partial charge is 0.255 e. The van der Waals surface area contributed by atoms with E-state index in [4.69, 9.17) is 4.74 Å². The van der Waals surface area contributed by atoms with Crippen LogP contribution in [0.2, 0.25) is 0 Å². The third kappa shape index (κ3) is 7.86. The first kappa shape index (κ1) is 26.8. The molecule has 7 nitrogen and oxygen atoms in total. The van der Waals surface area contributed by atoms with Crippen molar-refractivity contribution in [1.29, 1.82) is 0 Å². The van der Waals surface area contributed by atoms with Crippen LogP contribution < -0.4 is 10.2 Å². The number of rotatable bonds is 12. The van der Waals surface area contributed by atoms with E-state index in [1.807, 2.05) is 84.9 Å². The van der Waals surface area contributed by atoms with Crippen LogP contribution >= 0.6 is 0 Å². The van der Waals surface area contributed by atoms with Crippen molar-refractivity contribution >= 4 is 22.1 Å². The van der Waals surface area contributed by atoms with Gasteiger partial charge >= 0.3 is 0 Å². The molecule has 0 aliphatic heterocycles. The lowest BCUT2D eigenvalue weighted by molar-refractivity contribution is -0.121. The summed E-state index contributed by atoms with van der Waals surface area (Å²) in [5.41, 5.74) is 5.26. The lowest BCUT2D eigenvalue weighted by atomic mass is 10.1. The zero-order chi connectivity index (χ0) is 26.6. The highest BCUT2D eigenvalue weighted by Gasteiger charge is 2.26. The number of sulfonamides is 1. The molecule has 0 fully saturated rings. The SMILES string of the molecule is O=C(CN(CCc1ccccc1)S(=O)(=O)c1ccccc1)N/N=C\c1ccc(OCc2ccccc2)cc1. The standard InChI is InChI=1S/C30H29N3O4S/c34-30(32-31-22-26-16-18-28(19-17-26)37-24-27-12-6-2-7-13-27)23-33(21-20-25-10-4-1-5-11-25)38(35,36)29-14-8-3-9-15-29/h1-19,22H,20-21,23-24H2,(H,32,34)/b31-22-. The van der Waals surface area contributed by atoms with E-state index in [1.54, 1.807) is 18.2 Å². The van der Waals surface area contributed by atoms with Gasteiger partial charge in [-0.25, -0.2) is 13.8 Å². The highest BCUT2D eigenvalue weighted by Crippen LogP contribution is 2.16. The maximum Gasteiger partial charge on any atom is 0.255 e. The van der Waals surface area contributed by atoms with E-state index in [1.165, 1.54) is 22.7 Å². The Kier molecular flexibility index (Phi) is 9.39. The molecule has 0 radical (unpaired) electrons. The van der Waals surface area contributed by atoms with Crippen LogP contribution in [0, 0.1) is 0 Å². The molecular formula is C30H29N3O4S. The summed E-state index contributed by atoms with van der Waals surface area (Å²) in [6.07, 6.45) is 1.97. The molecule has 0 unspecified atom stereocenters. The van der Waals surface area contributed by atoms with Crippen LogP contribution in [-0.4, -0.2) is 37.9 Å². The second-order valence-corrected chi connectivity index (χ2v) is 10.5. The van der Waals surface area contributed by atoms with E-state index in [2.05, 4.69) is 10.5 Å². The maximum atomic E-state index is 13.3. The van der Waals surface area contributed by atoms with Gasteiger partial charge in [0.05, 0.1) is 17.7 Å². The Bertz CT molecular complexity index is 1430. The Labute approximate surface area is 223 Å². The highest BCUT2D eigenvalue weighted by molar-refractivity contribution is 7.89. The summed E-state index contributed by atoms with van der Waals surface area (Å²) in [5.74, 6) is 0.187. The minimum Gasteiger partial charge on any atom is -0.489 e. The fourth-order valence-corrected chi connectivity index (χ4v) is 5.11. The Morgan fingerprint density at radius 3 is 2.00 bits per heavy atom. The van der Waals surface area contributed by atoms with E-state index in [0.29, 0.717) is 13.0 Å². The number of nitrogens with one attached hydrogen (secondary N) is 1. The Morgan fingerprint density at radius 1 is 0.789 bits per heavy atom. The van der Waals surface area contributed by atoms with Crippen LogP contribution in [-0.2, 0) is 27.8 Å². The number of nitrogens with zero attached hydrogens (tertiary/aromatic N) is 2. The largest absolute Gasteiger partial charge is 0.489 e. The first-order valence-electron chi connectivity index (χ1n) is 12.2. The van der Waals surface area contributed by atoms with Crippen LogP contribution in [0.15, 0.2) is 125 Å². The van der Waals surface area contributed by atoms with Gasteiger partial charge in [0.25, 0.3) is 5.91 Å². The molecule has 1 N–H and O–H groups in total. The first-order valence-corrected chi connectivity index (χ1v) is 13.6. The van der Waals surface area contributed by atoms with Crippen LogP contribution in [0.5, 0.6) is 5.75 Å². The van der Waals surface area contributed by atoms with Crippen LogP contribution in [0.4, 0.5) is 0 Å². The molecule has 0 spiro atoms. The van der Waals surface area contributed by atoms with Crippen molar-refractivity contribution in [3.63, 3.8) is 0 Å². The van der Waals surface area contributed by atoms with E-state index in [-0.39, 0.29) is 18.0 Å². The normalized spacial score (nSPS) is 11.5. The van der Waals surface area contributed by atoms with Gasteiger partial charge in [-0.15, -0.1) is 0 Å². The molecule has 0 aromatic heterocycles. The summed E-state index contributed by atoms with van der Waals surface area (Å²) < 4.78 is 33.5. The molecule has 4 aromatic carbocycles. The fourth-order valence-electron chi connectivity index (χ4n) is 3.69. The molecule has 0 aliphatic rings. The number of carbonyl (C=O) groups is 1. The van der Waals surface area contributed by atoms with Crippen molar-refractivity contribution in [1.82, 2.24) is 9.73 Å². The monoisotopic (exact) mass is 527 g/mol. The zero-order valence-electron chi connectivity index (χ0n) is 20.8. The van der Waals surface area contributed by atoms with Gasteiger partial charge in [0.2, 0.25) is 10.0 Å². The third-order valence-electron chi connectivity index (χ3n) is 5.72. The first-order chi connectivity index (χ1) is 18.5. The molecule has 0 aliphatic carbocycles. The third-order valence-corrected chi connectivity index (χ3v) is 7.58. The predicted octanol–water partition coefficient (Wildman–Crippen LogP) is 4.65. The number of hydrogen-bond donors (Lipinski definition) is 1. The average Bonchev–Trinajstić information content (AvgIpc) is 2.96. The molecule has 4 aromatic rings. The van der Waals surface area contributed by atoms with Gasteiger partial charge < -0.3 is 4.74 Å². The molecule has 38 heavy (non-hydrogen) atoms. The molecule has 0 heterocycles.